The van der Waals surface area contributed by atoms with Crippen molar-refractivity contribution in [3.8, 4) is 5.75 Å². The number of hydrogen-bond donors (Lipinski definition) is 1. The number of rotatable bonds is 4. The van der Waals surface area contributed by atoms with Crippen LogP contribution >= 0.6 is 0 Å². The maximum atomic E-state index is 9.80. The van der Waals surface area contributed by atoms with Crippen molar-refractivity contribution in [2.24, 2.45) is 0 Å². The minimum absolute atomic E-state index is 0.520. The largest absolute Gasteiger partial charge is 0.489 e. The molecule has 0 heterocycles. The summed E-state index contributed by atoms with van der Waals surface area (Å²) in [4.78, 5) is 0. The maximum absolute atomic E-state index is 9.80. The summed E-state index contributed by atoms with van der Waals surface area (Å²) in [6.45, 7) is 8.48. The Labute approximate surface area is 121 Å². The molecule has 0 spiro atoms. The van der Waals surface area contributed by atoms with Gasteiger partial charge in [-0.1, -0.05) is 41.5 Å². The zero-order valence-electron chi connectivity index (χ0n) is 12.6. The van der Waals surface area contributed by atoms with Gasteiger partial charge in [-0.3, -0.25) is 0 Å². The summed E-state index contributed by atoms with van der Waals surface area (Å²) in [5.74, 6) is 0.763. The van der Waals surface area contributed by atoms with Crippen LogP contribution in [0.2, 0.25) is 0 Å². The van der Waals surface area contributed by atoms with Crippen molar-refractivity contribution in [3.63, 3.8) is 0 Å². The minimum atomic E-state index is -0.523. The summed E-state index contributed by atoms with van der Waals surface area (Å²) in [5.41, 5.74) is 5.59. The first-order chi connectivity index (χ1) is 9.45. The fourth-order valence-electron chi connectivity index (χ4n) is 2.43. The van der Waals surface area contributed by atoms with E-state index in [2.05, 4.69) is 32.0 Å². The third kappa shape index (κ3) is 3.61. The van der Waals surface area contributed by atoms with Crippen molar-refractivity contribution in [2.75, 3.05) is 0 Å². The Morgan fingerprint density at radius 2 is 1.60 bits per heavy atom. The van der Waals surface area contributed by atoms with Gasteiger partial charge in [0.1, 0.15) is 12.4 Å². The Kier molecular flexibility index (Phi) is 4.46. The van der Waals surface area contributed by atoms with E-state index < -0.39 is 6.10 Å². The molecule has 2 aromatic carbocycles. The van der Waals surface area contributed by atoms with E-state index in [-0.39, 0.29) is 0 Å². The van der Waals surface area contributed by atoms with Gasteiger partial charge in [0.25, 0.3) is 0 Å². The maximum Gasteiger partial charge on any atom is 0.125 e. The second-order valence-electron chi connectivity index (χ2n) is 5.50. The van der Waals surface area contributed by atoms with Gasteiger partial charge in [-0.05, 0) is 44.9 Å². The fourth-order valence-corrected chi connectivity index (χ4v) is 2.43. The summed E-state index contributed by atoms with van der Waals surface area (Å²) >= 11 is 0. The SMILES string of the molecule is Cc1cc(C)cc(COc2cc(C)ccc2[C@@H](C)O)c1. The molecule has 2 nitrogen and oxygen atoms in total. The van der Waals surface area contributed by atoms with Crippen LogP contribution in [0.5, 0.6) is 5.75 Å². The first-order valence-electron chi connectivity index (χ1n) is 6.94. The summed E-state index contributed by atoms with van der Waals surface area (Å²) in [6.07, 6.45) is -0.523. The van der Waals surface area contributed by atoms with Crippen LogP contribution in [0.3, 0.4) is 0 Å². The highest BCUT2D eigenvalue weighted by molar-refractivity contribution is 5.39. The van der Waals surface area contributed by atoms with Crippen LogP contribution in [0.15, 0.2) is 36.4 Å². The van der Waals surface area contributed by atoms with E-state index in [1.807, 2.05) is 25.1 Å². The van der Waals surface area contributed by atoms with Crippen LogP contribution in [-0.2, 0) is 6.61 Å². The molecular formula is C18H22O2. The van der Waals surface area contributed by atoms with Crippen molar-refractivity contribution in [1.29, 1.82) is 0 Å². The Morgan fingerprint density at radius 3 is 2.20 bits per heavy atom. The molecule has 2 aromatic rings. The third-order valence-electron chi connectivity index (χ3n) is 3.29. The van der Waals surface area contributed by atoms with Gasteiger partial charge >= 0.3 is 0 Å². The van der Waals surface area contributed by atoms with Gasteiger partial charge in [0.2, 0.25) is 0 Å². The van der Waals surface area contributed by atoms with Crippen LogP contribution in [0.1, 0.15) is 40.8 Å². The van der Waals surface area contributed by atoms with E-state index in [1.165, 1.54) is 11.1 Å². The van der Waals surface area contributed by atoms with Crippen molar-refractivity contribution in [1.82, 2.24) is 0 Å². The molecule has 0 aromatic heterocycles. The molecule has 0 unspecified atom stereocenters. The second-order valence-corrected chi connectivity index (χ2v) is 5.50. The fraction of sp³-hybridized carbons (Fsp3) is 0.333. The highest BCUT2D eigenvalue weighted by Gasteiger charge is 2.09. The minimum Gasteiger partial charge on any atom is -0.489 e. The Hall–Kier alpha value is -1.80. The lowest BCUT2D eigenvalue weighted by atomic mass is 10.1. The van der Waals surface area contributed by atoms with Gasteiger partial charge in [-0.25, -0.2) is 0 Å². The van der Waals surface area contributed by atoms with Crippen molar-refractivity contribution in [2.45, 2.75) is 40.4 Å². The van der Waals surface area contributed by atoms with E-state index in [9.17, 15) is 5.11 Å². The average molecular weight is 270 g/mol. The van der Waals surface area contributed by atoms with E-state index in [0.29, 0.717) is 6.61 Å². The summed E-state index contributed by atoms with van der Waals surface area (Å²) in [5, 5.41) is 9.80. The third-order valence-corrected chi connectivity index (χ3v) is 3.29. The number of aliphatic hydroxyl groups excluding tert-OH is 1. The zero-order chi connectivity index (χ0) is 14.7. The van der Waals surface area contributed by atoms with Gasteiger partial charge in [-0.2, -0.15) is 0 Å². The van der Waals surface area contributed by atoms with E-state index in [0.717, 1.165) is 22.4 Å². The molecule has 0 saturated heterocycles. The first-order valence-corrected chi connectivity index (χ1v) is 6.94. The number of benzene rings is 2. The molecule has 2 heteroatoms. The summed E-state index contributed by atoms with van der Waals surface area (Å²) < 4.78 is 5.92. The van der Waals surface area contributed by atoms with Gasteiger partial charge in [0, 0.05) is 5.56 Å². The molecule has 0 aliphatic carbocycles. The van der Waals surface area contributed by atoms with E-state index in [1.54, 1.807) is 6.92 Å². The van der Waals surface area contributed by atoms with Crippen molar-refractivity contribution >= 4 is 0 Å². The normalized spacial score (nSPS) is 12.2. The Bertz CT molecular complexity index is 580. The van der Waals surface area contributed by atoms with Crippen molar-refractivity contribution in [3.05, 3.63) is 64.2 Å². The lowest BCUT2D eigenvalue weighted by Crippen LogP contribution is -2.02. The monoisotopic (exact) mass is 270 g/mol. The molecule has 106 valence electrons. The molecule has 0 fully saturated rings. The zero-order valence-corrected chi connectivity index (χ0v) is 12.6. The Balaban J connectivity index is 2.20. The number of ether oxygens (including phenoxy) is 1. The van der Waals surface area contributed by atoms with Crippen LogP contribution in [0.4, 0.5) is 0 Å². The average Bonchev–Trinajstić information content (AvgIpc) is 2.35. The molecule has 0 amide bonds. The van der Waals surface area contributed by atoms with Gasteiger partial charge < -0.3 is 9.84 Å². The smallest absolute Gasteiger partial charge is 0.125 e. The van der Waals surface area contributed by atoms with Crippen molar-refractivity contribution < 1.29 is 9.84 Å². The van der Waals surface area contributed by atoms with Gasteiger partial charge in [0.15, 0.2) is 0 Å². The molecule has 0 radical (unpaired) electrons. The van der Waals surface area contributed by atoms with E-state index >= 15 is 0 Å². The highest BCUT2D eigenvalue weighted by atomic mass is 16.5. The topological polar surface area (TPSA) is 29.5 Å². The predicted octanol–water partition coefficient (Wildman–Crippen LogP) is 4.24. The highest BCUT2D eigenvalue weighted by Crippen LogP contribution is 2.27. The van der Waals surface area contributed by atoms with Crippen LogP contribution in [0, 0.1) is 20.8 Å². The molecule has 0 bridgehead atoms. The van der Waals surface area contributed by atoms with Gasteiger partial charge in [-0.15, -0.1) is 0 Å². The lowest BCUT2D eigenvalue weighted by molar-refractivity contribution is 0.190. The standard InChI is InChI=1S/C18H22O2/c1-12-5-6-17(15(4)19)18(10-12)20-11-16-8-13(2)7-14(3)9-16/h5-10,15,19H,11H2,1-4H3/t15-/m1/s1. The molecule has 0 aliphatic rings. The molecule has 20 heavy (non-hydrogen) atoms. The van der Waals surface area contributed by atoms with Crippen LogP contribution in [-0.4, -0.2) is 5.11 Å². The summed E-state index contributed by atoms with van der Waals surface area (Å²) in [7, 11) is 0. The molecule has 2 rings (SSSR count). The number of aliphatic hydroxyl groups is 1. The lowest BCUT2D eigenvalue weighted by Gasteiger charge is -2.15. The van der Waals surface area contributed by atoms with Gasteiger partial charge in [0.05, 0.1) is 6.10 Å². The Morgan fingerprint density at radius 1 is 0.950 bits per heavy atom. The number of hydrogen-bond acceptors (Lipinski definition) is 2. The molecule has 0 aliphatic heterocycles. The van der Waals surface area contributed by atoms with Crippen LogP contribution in [0.25, 0.3) is 0 Å². The number of aryl methyl sites for hydroxylation is 3. The van der Waals surface area contributed by atoms with E-state index in [4.69, 9.17) is 4.74 Å². The molecule has 0 saturated carbocycles. The quantitative estimate of drug-likeness (QED) is 0.900. The molecular weight excluding hydrogens is 248 g/mol. The molecule has 1 N–H and O–H groups in total. The van der Waals surface area contributed by atoms with Crippen LogP contribution < -0.4 is 4.74 Å². The predicted molar refractivity (Wildman–Crippen MR) is 82.1 cm³/mol. The molecule has 1 atom stereocenters. The summed E-state index contributed by atoms with van der Waals surface area (Å²) in [6, 6.07) is 12.3. The second kappa shape index (κ2) is 6.10. The first kappa shape index (κ1) is 14.6.